The fraction of sp³-hybridized carbons (Fsp3) is 0.846. The molecule has 0 bridgehead atoms. The molecule has 0 fully saturated rings. The van der Waals surface area contributed by atoms with Crippen molar-refractivity contribution in [2.75, 3.05) is 52.9 Å². The van der Waals surface area contributed by atoms with Crippen LogP contribution in [0.1, 0.15) is 12.8 Å². The van der Waals surface area contributed by atoms with Crippen LogP contribution in [-0.4, -0.2) is 75.7 Å². The monoisotopic (exact) mass is 315 g/mol. The topological polar surface area (TPSA) is 159 Å². The number of guanidine groups is 1. The molecule has 0 aromatic carbocycles. The predicted molar refractivity (Wildman–Crippen MR) is 89.2 cm³/mol. The van der Waals surface area contributed by atoms with Gasteiger partial charge in [-0.2, -0.15) is 0 Å². The van der Waals surface area contributed by atoms with E-state index in [9.17, 15) is 4.79 Å². The first kappa shape index (κ1) is 20.6. The van der Waals surface area contributed by atoms with Crippen LogP contribution in [-0.2, 0) is 4.79 Å². The molecule has 22 heavy (non-hydrogen) atoms. The summed E-state index contributed by atoms with van der Waals surface area (Å²) in [6.07, 6.45) is 1.05. The number of carbonyl (C=O) groups is 1. The van der Waals surface area contributed by atoms with E-state index in [1.165, 1.54) is 0 Å². The summed E-state index contributed by atoms with van der Waals surface area (Å²) in [4.78, 5) is 17.8. The normalized spacial score (nSPS) is 12.2. The van der Waals surface area contributed by atoms with Gasteiger partial charge in [0.05, 0.1) is 6.04 Å². The molecule has 0 aromatic heterocycles. The van der Waals surface area contributed by atoms with Crippen LogP contribution in [0.25, 0.3) is 0 Å². The number of nitrogens with two attached hydrogens (primary N) is 3. The van der Waals surface area contributed by atoms with Gasteiger partial charge >= 0.3 is 0 Å². The summed E-state index contributed by atoms with van der Waals surface area (Å²) in [6, 6.07) is -0.783. The number of carbonyl (C=O) groups excluding carboxylic acids is 1. The maximum absolute atomic E-state index is 11.8. The Labute approximate surface area is 132 Å². The van der Waals surface area contributed by atoms with Crippen LogP contribution in [0.5, 0.6) is 0 Å². The van der Waals surface area contributed by atoms with E-state index >= 15 is 0 Å². The van der Waals surface area contributed by atoms with E-state index in [0.717, 1.165) is 26.2 Å². The van der Waals surface area contributed by atoms with Crippen LogP contribution >= 0.6 is 0 Å². The molecule has 1 atom stereocenters. The van der Waals surface area contributed by atoms with Gasteiger partial charge < -0.3 is 27.8 Å². The second-order valence-electron chi connectivity index (χ2n) is 5.03. The minimum Gasteiger partial charge on any atom is -0.370 e. The summed E-state index contributed by atoms with van der Waals surface area (Å²) in [5.41, 5.74) is 23.7. The highest BCUT2D eigenvalue weighted by Gasteiger charge is 2.13. The lowest BCUT2D eigenvalue weighted by Crippen LogP contribution is -2.43. The molecule has 0 spiro atoms. The van der Waals surface area contributed by atoms with Crippen molar-refractivity contribution in [2.24, 2.45) is 22.2 Å². The molecular formula is C13H31N8O. The van der Waals surface area contributed by atoms with Gasteiger partial charge in [-0.05, 0) is 19.9 Å². The zero-order valence-corrected chi connectivity index (χ0v) is 13.5. The van der Waals surface area contributed by atoms with Crippen molar-refractivity contribution in [3.05, 3.63) is 0 Å². The summed E-state index contributed by atoms with van der Waals surface area (Å²) < 4.78 is 0. The molecule has 9 heteroatoms. The summed E-state index contributed by atoms with van der Waals surface area (Å²) in [5, 5.41) is 5.87. The van der Waals surface area contributed by atoms with Gasteiger partial charge in [0.2, 0.25) is 5.91 Å². The van der Waals surface area contributed by atoms with Crippen LogP contribution in [0.2, 0.25) is 0 Å². The van der Waals surface area contributed by atoms with Gasteiger partial charge in [-0.1, -0.05) is 0 Å². The minimum absolute atomic E-state index is 0.0348. The fourth-order valence-electron chi connectivity index (χ4n) is 1.88. The van der Waals surface area contributed by atoms with Crippen molar-refractivity contribution >= 4 is 11.9 Å². The van der Waals surface area contributed by atoms with Crippen molar-refractivity contribution in [3.8, 4) is 0 Å². The molecule has 1 unspecified atom stereocenters. The van der Waals surface area contributed by atoms with E-state index < -0.39 is 6.04 Å². The van der Waals surface area contributed by atoms with Crippen molar-refractivity contribution in [2.45, 2.75) is 18.9 Å². The molecule has 0 aliphatic heterocycles. The molecule has 0 heterocycles. The molecule has 1 radical (unpaired) electrons. The smallest absolute Gasteiger partial charge is 0.238 e. The zero-order valence-electron chi connectivity index (χ0n) is 13.5. The number of amides is 1. The van der Waals surface area contributed by atoms with Crippen molar-refractivity contribution in [1.29, 1.82) is 0 Å². The Morgan fingerprint density at radius 3 is 2.55 bits per heavy atom. The van der Waals surface area contributed by atoms with Gasteiger partial charge in [0.1, 0.15) is 0 Å². The van der Waals surface area contributed by atoms with Crippen LogP contribution in [0.15, 0.2) is 4.99 Å². The lowest BCUT2D eigenvalue weighted by Gasteiger charge is -2.22. The molecule has 0 saturated carbocycles. The summed E-state index contributed by atoms with van der Waals surface area (Å²) >= 11 is 0. The number of rotatable bonds is 13. The van der Waals surface area contributed by atoms with Crippen LogP contribution in [0.3, 0.4) is 0 Å². The van der Waals surface area contributed by atoms with Gasteiger partial charge in [-0.25, -0.2) is 5.73 Å². The third-order valence-corrected chi connectivity index (χ3v) is 3.11. The molecule has 0 aliphatic rings. The third-order valence-electron chi connectivity index (χ3n) is 3.11. The predicted octanol–water partition coefficient (Wildman–Crippen LogP) is -2.71. The maximum atomic E-state index is 11.8. The highest BCUT2D eigenvalue weighted by atomic mass is 16.2. The molecule has 0 aliphatic carbocycles. The number of hydrogen-bond acceptors (Lipinski definition) is 5. The molecular weight excluding hydrogens is 284 g/mol. The SMILES string of the molecule is CNCCN(CCN)CCNC(=O)C([NH])CCCN=C(N)N. The van der Waals surface area contributed by atoms with Crippen LogP contribution < -0.4 is 33.6 Å². The molecule has 9 nitrogen and oxygen atoms in total. The van der Waals surface area contributed by atoms with E-state index in [2.05, 4.69) is 20.5 Å². The first-order valence-electron chi connectivity index (χ1n) is 7.62. The first-order chi connectivity index (χ1) is 10.5. The third kappa shape index (κ3) is 11.3. The number of likely N-dealkylation sites (N-methyl/N-ethyl adjacent to an activating group) is 1. The Kier molecular flexibility index (Phi) is 12.4. The largest absolute Gasteiger partial charge is 0.370 e. The molecule has 0 saturated heterocycles. The average Bonchev–Trinajstić information content (AvgIpc) is 2.48. The molecule has 9 N–H and O–H groups in total. The van der Waals surface area contributed by atoms with Gasteiger partial charge in [0.25, 0.3) is 0 Å². The Balaban J connectivity index is 3.86. The quantitative estimate of drug-likeness (QED) is 0.141. The summed E-state index contributed by atoms with van der Waals surface area (Å²) in [5.74, 6) is -0.224. The van der Waals surface area contributed by atoms with Gasteiger partial charge in [-0.3, -0.25) is 14.7 Å². The number of hydrogen-bond donors (Lipinski definition) is 5. The standard InChI is InChI=1S/C13H31N8O/c1-18-6-9-21(8-4-14)10-7-19-12(22)11(15)3-2-5-20-13(16)17/h11,15,18H,2-10,14H2,1H3,(H,19,22)(H4,16,17,20). The van der Waals surface area contributed by atoms with Gasteiger partial charge in [0.15, 0.2) is 5.96 Å². The number of nitrogens with one attached hydrogen (secondary N) is 3. The highest BCUT2D eigenvalue weighted by Crippen LogP contribution is 1.97. The van der Waals surface area contributed by atoms with E-state index in [-0.39, 0.29) is 11.9 Å². The maximum Gasteiger partial charge on any atom is 0.238 e. The average molecular weight is 315 g/mol. The molecule has 0 rings (SSSR count). The second kappa shape index (κ2) is 13.3. The summed E-state index contributed by atoms with van der Waals surface area (Å²) in [6.45, 7) is 4.83. The Morgan fingerprint density at radius 1 is 1.27 bits per heavy atom. The Hall–Kier alpha value is -1.42. The fourth-order valence-corrected chi connectivity index (χ4v) is 1.88. The van der Waals surface area contributed by atoms with E-state index in [1.54, 1.807) is 0 Å². The Morgan fingerprint density at radius 2 is 1.95 bits per heavy atom. The Bertz CT molecular complexity index is 319. The molecule has 0 aromatic rings. The highest BCUT2D eigenvalue weighted by molar-refractivity contribution is 5.81. The van der Waals surface area contributed by atoms with Crippen molar-refractivity contribution < 1.29 is 4.79 Å². The van der Waals surface area contributed by atoms with E-state index in [0.29, 0.717) is 32.5 Å². The van der Waals surface area contributed by atoms with Crippen LogP contribution in [0.4, 0.5) is 0 Å². The zero-order chi connectivity index (χ0) is 16.8. The minimum atomic E-state index is -0.783. The van der Waals surface area contributed by atoms with Crippen molar-refractivity contribution in [1.82, 2.24) is 21.3 Å². The van der Waals surface area contributed by atoms with Gasteiger partial charge in [-0.15, -0.1) is 0 Å². The lowest BCUT2D eigenvalue weighted by molar-refractivity contribution is -0.122. The lowest BCUT2D eigenvalue weighted by atomic mass is 10.1. The first-order valence-corrected chi connectivity index (χ1v) is 7.62. The molecule has 1 amide bonds. The molecule has 129 valence electrons. The van der Waals surface area contributed by atoms with Crippen LogP contribution in [0, 0.1) is 0 Å². The van der Waals surface area contributed by atoms with E-state index in [1.807, 2.05) is 7.05 Å². The second-order valence-corrected chi connectivity index (χ2v) is 5.03. The number of aliphatic imine (C=N–C) groups is 1. The summed E-state index contributed by atoms with van der Waals surface area (Å²) in [7, 11) is 1.90. The number of nitrogens with zero attached hydrogens (tertiary/aromatic N) is 2. The van der Waals surface area contributed by atoms with Crippen molar-refractivity contribution in [3.63, 3.8) is 0 Å². The van der Waals surface area contributed by atoms with Gasteiger partial charge in [0, 0.05) is 45.8 Å². The van der Waals surface area contributed by atoms with E-state index in [4.69, 9.17) is 22.9 Å².